The summed E-state index contributed by atoms with van der Waals surface area (Å²) in [6, 6.07) is 0.939. The monoisotopic (exact) mass is 182 g/mol. The first-order valence-electron chi connectivity index (χ1n) is 5.76. The molecule has 2 heteroatoms. The van der Waals surface area contributed by atoms with Crippen molar-refractivity contribution in [2.75, 3.05) is 32.7 Å². The van der Waals surface area contributed by atoms with Crippen molar-refractivity contribution in [2.24, 2.45) is 5.92 Å². The molecule has 0 atom stereocenters. The molecule has 1 heterocycles. The smallest absolute Gasteiger partial charge is 0.0113 e. The van der Waals surface area contributed by atoms with Crippen LogP contribution in [0.4, 0.5) is 0 Å². The predicted molar refractivity (Wildman–Crippen MR) is 55.9 cm³/mol. The second-order valence-electron chi connectivity index (χ2n) is 4.70. The van der Waals surface area contributed by atoms with Crippen molar-refractivity contribution in [3.63, 3.8) is 0 Å². The maximum Gasteiger partial charge on any atom is 0.0113 e. The molecule has 0 aromatic carbocycles. The molecule has 1 aliphatic carbocycles. The molecule has 2 aliphatic rings. The van der Waals surface area contributed by atoms with Gasteiger partial charge in [0.05, 0.1) is 0 Å². The molecule has 0 bridgehead atoms. The molecule has 0 N–H and O–H groups in total. The van der Waals surface area contributed by atoms with Crippen LogP contribution in [0, 0.1) is 5.92 Å². The molecule has 0 aromatic rings. The molecule has 2 nitrogen and oxygen atoms in total. The van der Waals surface area contributed by atoms with Crippen molar-refractivity contribution >= 4 is 0 Å². The van der Waals surface area contributed by atoms with E-state index in [1.54, 1.807) is 0 Å². The van der Waals surface area contributed by atoms with Crippen LogP contribution < -0.4 is 0 Å². The van der Waals surface area contributed by atoms with Gasteiger partial charge < -0.3 is 4.90 Å². The van der Waals surface area contributed by atoms with Gasteiger partial charge >= 0.3 is 0 Å². The van der Waals surface area contributed by atoms with Crippen LogP contribution in [0.2, 0.25) is 0 Å². The third-order valence-electron chi connectivity index (χ3n) is 3.72. The minimum absolute atomic E-state index is 0.939. The number of nitrogens with zero attached hydrogens (tertiary/aromatic N) is 2. The van der Waals surface area contributed by atoms with Crippen LogP contribution in [0.25, 0.3) is 0 Å². The number of hydrogen-bond donors (Lipinski definition) is 0. The highest BCUT2D eigenvalue weighted by Crippen LogP contribution is 2.31. The SMILES string of the molecule is CCN1CCN(C2CC(C)C2)CC1. The minimum atomic E-state index is 0.939. The van der Waals surface area contributed by atoms with Crippen LogP contribution in [0.3, 0.4) is 0 Å². The molecule has 0 amide bonds. The molecule has 1 saturated heterocycles. The Balaban J connectivity index is 1.72. The lowest BCUT2D eigenvalue weighted by Gasteiger charge is -2.45. The summed E-state index contributed by atoms with van der Waals surface area (Å²) < 4.78 is 0. The summed E-state index contributed by atoms with van der Waals surface area (Å²) >= 11 is 0. The van der Waals surface area contributed by atoms with Crippen molar-refractivity contribution in [1.82, 2.24) is 9.80 Å². The fourth-order valence-electron chi connectivity index (χ4n) is 2.60. The molecule has 0 radical (unpaired) electrons. The standard InChI is InChI=1S/C11H22N2/c1-3-12-4-6-13(7-5-12)11-8-10(2)9-11/h10-11H,3-9H2,1-2H3. The van der Waals surface area contributed by atoms with Crippen LogP contribution in [0.15, 0.2) is 0 Å². The summed E-state index contributed by atoms with van der Waals surface area (Å²) in [5.41, 5.74) is 0. The molecule has 2 rings (SSSR count). The average molecular weight is 182 g/mol. The third kappa shape index (κ3) is 2.05. The first kappa shape index (κ1) is 9.47. The van der Waals surface area contributed by atoms with E-state index >= 15 is 0 Å². The van der Waals surface area contributed by atoms with Crippen LogP contribution in [0.5, 0.6) is 0 Å². The van der Waals surface area contributed by atoms with Gasteiger partial charge in [0.1, 0.15) is 0 Å². The fourth-order valence-corrected chi connectivity index (χ4v) is 2.60. The lowest BCUT2D eigenvalue weighted by molar-refractivity contribution is 0.0398. The number of likely N-dealkylation sites (N-methyl/N-ethyl adjacent to an activating group) is 1. The fraction of sp³-hybridized carbons (Fsp3) is 1.00. The molecule has 76 valence electrons. The van der Waals surface area contributed by atoms with E-state index in [4.69, 9.17) is 0 Å². The third-order valence-corrected chi connectivity index (χ3v) is 3.72. The lowest BCUT2D eigenvalue weighted by Crippen LogP contribution is -2.53. The van der Waals surface area contributed by atoms with E-state index in [1.807, 2.05) is 0 Å². The van der Waals surface area contributed by atoms with Crippen LogP contribution in [-0.4, -0.2) is 48.6 Å². The van der Waals surface area contributed by atoms with Crippen LogP contribution in [0.1, 0.15) is 26.7 Å². The average Bonchev–Trinajstić information content (AvgIpc) is 2.13. The summed E-state index contributed by atoms with van der Waals surface area (Å²) in [5, 5.41) is 0. The van der Waals surface area contributed by atoms with Gasteiger partial charge in [0.2, 0.25) is 0 Å². The Kier molecular flexibility index (Phi) is 2.89. The zero-order chi connectivity index (χ0) is 9.26. The zero-order valence-electron chi connectivity index (χ0n) is 9.00. The molecular weight excluding hydrogens is 160 g/mol. The largest absolute Gasteiger partial charge is 0.301 e. The molecule has 0 unspecified atom stereocenters. The quantitative estimate of drug-likeness (QED) is 0.637. The Hall–Kier alpha value is -0.0800. The Morgan fingerprint density at radius 2 is 1.69 bits per heavy atom. The van der Waals surface area contributed by atoms with E-state index in [0.717, 1.165) is 12.0 Å². The molecular formula is C11H22N2. The van der Waals surface area contributed by atoms with Gasteiger partial charge in [0.25, 0.3) is 0 Å². The highest BCUT2D eigenvalue weighted by Gasteiger charge is 2.31. The molecule has 0 spiro atoms. The zero-order valence-corrected chi connectivity index (χ0v) is 9.00. The van der Waals surface area contributed by atoms with Crippen LogP contribution >= 0.6 is 0 Å². The highest BCUT2D eigenvalue weighted by molar-refractivity contribution is 4.87. The van der Waals surface area contributed by atoms with E-state index < -0.39 is 0 Å². The van der Waals surface area contributed by atoms with Crippen molar-refractivity contribution < 1.29 is 0 Å². The molecule has 13 heavy (non-hydrogen) atoms. The van der Waals surface area contributed by atoms with Gasteiger partial charge in [-0.15, -0.1) is 0 Å². The Morgan fingerprint density at radius 3 is 2.15 bits per heavy atom. The molecule has 1 aliphatic heterocycles. The summed E-state index contributed by atoms with van der Waals surface area (Å²) in [6.07, 6.45) is 2.90. The highest BCUT2D eigenvalue weighted by atomic mass is 15.3. The molecule has 1 saturated carbocycles. The van der Waals surface area contributed by atoms with Gasteiger partial charge in [0, 0.05) is 32.2 Å². The lowest BCUT2D eigenvalue weighted by atomic mass is 9.80. The molecule has 0 aromatic heterocycles. The Morgan fingerprint density at radius 1 is 1.08 bits per heavy atom. The van der Waals surface area contributed by atoms with Crippen molar-refractivity contribution in [3.05, 3.63) is 0 Å². The van der Waals surface area contributed by atoms with Crippen molar-refractivity contribution in [1.29, 1.82) is 0 Å². The van der Waals surface area contributed by atoms with Gasteiger partial charge in [0.15, 0.2) is 0 Å². The maximum atomic E-state index is 2.70. The van der Waals surface area contributed by atoms with Crippen molar-refractivity contribution in [3.8, 4) is 0 Å². The second-order valence-corrected chi connectivity index (χ2v) is 4.70. The first-order valence-corrected chi connectivity index (χ1v) is 5.76. The van der Waals surface area contributed by atoms with E-state index in [-0.39, 0.29) is 0 Å². The van der Waals surface area contributed by atoms with E-state index in [0.29, 0.717) is 0 Å². The van der Waals surface area contributed by atoms with Crippen LogP contribution in [-0.2, 0) is 0 Å². The summed E-state index contributed by atoms with van der Waals surface area (Å²) in [4.78, 5) is 5.25. The van der Waals surface area contributed by atoms with E-state index in [9.17, 15) is 0 Å². The maximum absolute atomic E-state index is 2.70. The van der Waals surface area contributed by atoms with Gasteiger partial charge in [-0.05, 0) is 25.3 Å². The van der Waals surface area contributed by atoms with E-state index in [1.165, 1.54) is 45.6 Å². The minimum Gasteiger partial charge on any atom is -0.301 e. The summed E-state index contributed by atoms with van der Waals surface area (Å²) in [7, 11) is 0. The Labute approximate surface area is 81.9 Å². The van der Waals surface area contributed by atoms with E-state index in [2.05, 4.69) is 23.6 Å². The topological polar surface area (TPSA) is 6.48 Å². The normalized spacial score (nSPS) is 37.4. The summed E-state index contributed by atoms with van der Waals surface area (Å²) in [5.74, 6) is 0.995. The first-order chi connectivity index (χ1) is 6.29. The second kappa shape index (κ2) is 3.97. The predicted octanol–water partition coefficient (Wildman–Crippen LogP) is 1.42. The van der Waals surface area contributed by atoms with Gasteiger partial charge in [-0.25, -0.2) is 0 Å². The Bertz CT molecular complexity index is 155. The number of piperazine rings is 1. The van der Waals surface area contributed by atoms with Gasteiger partial charge in [-0.3, -0.25) is 4.90 Å². The van der Waals surface area contributed by atoms with Gasteiger partial charge in [-0.1, -0.05) is 13.8 Å². The van der Waals surface area contributed by atoms with Gasteiger partial charge in [-0.2, -0.15) is 0 Å². The molecule has 2 fully saturated rings. The summed E-state index contributed by atoms with van der Waals surface area (Å²) in [6.45, 7) is 11.1. The van der Waals surface area contributed by atoms with Crippen molar-refractivity contribution in [2.45, 2.75) is 32.7 Å². The number of hydrogen-bond acceptors (Lipinski definition) is 2. The number of rotatable bonds is 2.